The predicted octanol–water partition coefficient (Wildman–Crippen LogP) is 3.16. The second kappa shape index (κ2) is 8.12. The van der Waals surface area contributed by atoms with E-state index in [1.165, 1.54) is 4.90 Å². The Labute approximate surface area is 182 Å². The lowest BCUT2D eigenvalue weighted by atomic mass is 9.95. The number of likely N-dealkylation sites (N-methyl/N-ethyl adjacent to an activating group) is 1. The van der Waals surface area contributed by atoms with Crippen LogP contribution in [-0.4, -0.2) is 60.6 Å². The number of halogens is 1. The molecule has 1 fully saturated rings. The van der Waals surface area contributed by atoms with Crippen molar-refractivity contribution in [2.24, 2.45) is 0 Å². The second-order valence-electron chi connectivity index (χ2n) is 7.42. The number of aliphatic hydroxyl groups is 1. The zero-order chi connectivity index (χ0) is 21.4. The summed E-state index contributed by atoms with van der Waals surface area (Å²) in [5.41, 5.74) is 1.20. The number of nitrogens with zero attached hydrogens (tertiary/aromatic N) is 2. The van der Waals surface area contributed by atoms with Crippen LogP contribution in [0.4, 0.5) is 0 Å². The van der Waals surface area contributed by atoms with Crippen LogP contribution in [0, 0.1) is 0 Å². The van der Waals surface area contributed by atoms with E-state index in [1.807, 2.05) is 43.3 Å². The zero-order valence-electron chi connectivity index (χ0n) is 16.6. The summed E-state index contributed by atoms with van der Waals surface area (Å²) in [5, 5.41) is 11.1. The van der Waals surface area contributed by atoms with E-state index in [0.717, 1.165) is 10.0 Å². The van der Waals surface area contributed by atoms with Crippen molar-refractivity contribution in [3.05, 3.63) is 63.6 Å². The number of aliphatic hydroxyl groups excluding tert-OH is 1. The van der Waals surface area contributed by atoms with Crippen molar-refractivity contribution in [1.82, 2.24) is 9.80 Å². The van der Waals surface area contributed by atoms with Crippen molar-refractivity contribution < 1.29 is 24.2 Å². The van der Waals surface area contributed by atoms with Crippen LogP contribution in [0.25, 0.3) is 5.76 Å². The van der Waals surface area contributed by atoms with Crippen molar-refractivity contribution in [3.8, 4) is 11.5 Å². The molecule has 0 saturated carbocycles. The summed E-state index contributed by atoms with van der Waals surface area (Å²) in [7, 11) is 3.80. The highest BCUT2D eigenvalue weighted by atomic mass is 79.9. The van der Waals surface area contributed by atoms with Crippen LogP contribution in [0.1, 0.15) is 17.2 Å². The molecule has 0 bridgehead atoms. The Morgan fingerprint density at radius 3 is 2.67 bits per heavy atom. The van der Waals surface area contributed by atoms with Crippen LogP contribution in [-0.2, 0) is 9.59 Å². The number of carbonyl (C=O) groups is 2. The van der Waals surface area contributed by atoms with Gasteiger partial charge in [0.25, 0.3) is 11.7 Å². The SMILES string of the molecule is CN(C)CCN1C(=O)C(=O)C(=C(O)c2ccc3c(c2)OCO3)C1c1cccc(Br)c1. The van der Waals surface area contributed by atoms with E-state index < -0.39 is 17.7 Å². The molecule has 1 saturated heterocycles. The second-order valence-corrected chi connectivity index (χ2v) is 8.33. The summed E-state index contributed by atoms with van der Waals surface area (Å²) in [4.78, 5) is 29.3. The number of hydrogen-bond donors (Lipinski definition) is 1. The molecule has 2 aromatic rings. The first-order valence-corrected chi connectivity index (χ1v) is 10.2. The highest BCUT2D eigenvalue weighted by molar-refractivity contribution is 9.10. The monoisotopic (exact) mass is 472 g/mol. The molecule has 0 spiro atoms. The third-order valence-electron chi connectivity index (χ3n) is 5.14. The molecule has 7 nitrogen and oxygen atoms in total. The van der Waals surface area contributed by atoms with Crippen molar-refractivity contribution in [1.29, 1.82) is 0 Å². The predicted molar refractivity (Wildman–Crippen MR) is 114 cm³/mol. The molecule has 1 amide bonds. The largest absolute Gasteiger partial charge is 0.507 e. The highest BCUT2D eigenvalue weighted by Crippen LogP contribution is 2.41. The van der Waals surface area contributed by atoms with Crippen LogP contribution in [0.5, 0.6) is 11.5 Å². The number of benzene rings is 2. The number of fused-ring (bicyclic) bond motifs is 1. The molecule has 0 radical (unpaired) electrons. The molecule has 30 heavy (non-hydrogen) atoms. The first kappa shape index (κ1) is 20.4. The van der Waals surface area contributed by atoms with Gasteiger partial charge in [-0.25, -0.2) is 0 Å². The van der Waals surface area contributed by atoms with Crippen LogP contribution in [0.2, 0.25) is 0 Å². The summed E-state index contributed by atoms with van der Waals surface area (Å²) >= 11 is 3.45. The topological polar surface area (TPSA) is 79.3 Å². The summed E-state index contributed by atoms with van der Waals surface area (Å²) < 4.78 is 11.5. The molecule has 2 aliphatic rings. The van der Waals surface area contributed by atoms with Gasteiger partial charge < -0.3 is 24.4 Å². The van der Waals surface area contributed by atoms with E-state index >= 15 is 0 Å². The van der Waals surface area contributed by atoms with Gasteiger partial charge in [0, 0.05) is 23.1 Å². The third-order valence-corrected chi connectivity index (χ3v) is 5.63. The lowest BCUT2D eigenvalue weighted by molar-refractivity contribution is -0.140. The van der Waals surface area contributed by atoms with Gasteiger partial charge in [-0.2, -0.15) is 0 Å². The van der Waals surface area contributed by atoms with Gasteiger partial charge in [0.1, 0.15) is 5.76 Å². The Morgan fingerprint density at radius 1 is 1.17 bits per heavy atom. The quantitative estimate of drug-likeness (QED) is 0.409. The van der Waals surface area contributed by atoms with Gasteiger partial charge in [0.15, 0.2) is 11.5 Å². The van der Waals surface area contributed by atoms with Gasteiger partial charge >= 0.3 is 0 Å². The lowest BCUT2D eigenvalue weighted by Gasteiger charge is -2.26. The van der Waals surface area contributed by atoms with Crippen molar-refractivity contribution in [2.75, 3.05) is 34.0 Å². The zero-order valence-corrected chi connectivity index (χ0v) is 18.2. The minimum atomic E-state index is -0.700. The average molecular weight is 473 g/mol. The molecule has 1 atom stereocenters. The number of hydrogen-bond acceptors (Lipinski definition) is 6. The smallest absolute Gasteiger partial charge is 0.295 e. The number of ketones is 1. The average Bonchev–Trinajstić information content (AvgIpc) is 3.28. The van der Waals surface area contributed by atoms with Crippen LogP contribution in [0.15, 0.2) is 52.5 Å². The van der Waals surface area contributed by atoms with Crippen molar-refractivity contribution in [2.45, 2.75) is 6.04 Å². The normalized spacial score (nSPS) is 19.7. The Morgan fingerprint density at radius 2 is 1.93 bits per heavy atom. The first-order chi connectivity index (χ1) is 14.4. The molecule has 2 aromatic carbocycles. The fourth-order valence-corrected chi connectivity index (χ4v) is 4.06. The van der Waals surface area contributed by atoms with Crippen LogP contribution in [0.3, 0.4) is 0 Å². The van der Waals surface area contributed by atoms with Gasteiger partial charge in [-0.1, -0.05) is 28.1 Å². The number of ether oxygens (including phenoxy) is 2. The van der Waals surface area contributed by atoms with Gasteiger partial charge in [0.05, 0.1) is 11.6 Å². The number of carbonyl (C=O) groups excluding carboxylic acids is 2. The summed E-state index contributed by atoms with van der Waals surface area (Å²) in [5.74, 6) is -0.497. The molecular weight excluding hydrogens is 452 g/mol. The van der Waals surface area contributed by atoms with E-state index in [2.05, 4.69) is 15.9 Å². The van der Waals surface area contributed by atoms with Crippen molar-refractivity contribution >= 4 is 33.4 Å². The standard InChI is InChI=1S/C22H21BrN2O5/c1-24(2)8-9-25-19(13-4-3-5-15(23)10-13)18(21(27)22(25)28)20(26)14-6-7-16-17(11-14)30-12-29-16/h3-7,10-11,19,26H,8-9,12H2,1-2H3. The number of likely N-dealkylation sites (tertiary alicyclic amines) is 1. The molecule has 156 valence electrons. The van der Waals surface area contributed by atoms with Gasteiger partial charge in [-0.15, -0.1) is 0 Å². The Balaban J connectivity index is 1.83. The Bertz CT molecular complexity index is 1050. The maximum Gasteiger partial charge on any atom is 0.295 e. The molecule has 0 aromatic heterocycles. The van der Waals surface area contributed by atoms with Crippen LogP contribution < -0.4 is 9.47 Å². The molecule has 8 heteroatoms. The maximum absolute atomic E-state index is 13.0. The molecule has 0 aliphatic carbocycles. The fourth-order valence-electron chi connectivity index (χ4n) is 3.64. The van der Waals surface area contributed by atoms with E-state index in [9.17, 15) is 14.7 Å². The maximum atomic E-state index is 13.0. The molecule has 2 heterocycles. The van der Waals surface area contributed by atoms with Crippen LogP contribution >= 0.6 is 15.9 Å². The van der Waals surface area contributed by atoms with Gasteiger partial charge in [-0.3, -0.25) is 9.59 Å². The lowest BCUT2D eigenvalue weighted by Crippen LogP contribution is -2.35. The number of Topliss-reactive ketones (excluding diaryl/α,β-unsaturated/α-hetero) is 1. The molecular formula is C22H21BrN2O5. The third kappa shape index (κ3) is 3.68. The molecule has 1 N–H and O–H groups in total. The van der Waals surface area contributed by atoms with E-state index in [1.54, 1.807) is 18.2 Å². The summed E-state index contributed by atoms with van der Waals surface area (Å²) in [6.45, 7) is 1.04. The number of amides is 1. The number of rotatable bonds is 5. The molecule has 2 aliphatic heterocycles. The highest BCUT2D eigenvalue weighted by Gasteiger charge is 2.46. The fraction of sp³-hybridized carbons (Fsp3) is 0.273. The van der Waals surface area contributed by atoms with E-state index in [-0.39, 0.29) is 18.1 Å². The first-order valence-electron chi connectivity index (χ1n) is 9.45. The molecule has 4 rings (SSSR count). The Hall–Kier alpha value is -2.84. The Kier molecular flexibility index (Phi) is 5.53. The minimum absolute atomic E-state index is 0.0655. The van der Waals surface area contributed by atoms with Crippen molar-refractivity contribution in [3.63, 3.8) is 0 Å². The van der Waals surface area contributed by atoms with Gasteiger partial charge in [0.2, 0.25) is 6.79 Å². The summed E-state index contributed by atoms with van der Waals surface area (Å²) in [6.07, 6.45) is 0. The van der Waals surface area contributed by atoms with E-state index in [4.69, 9.17) is 9.47 Å². The molecule has 1 unspecified atom stereocenters. The van der Waals surface area contributed by atoms with Gasteiger partial charge in [-0.05, 0) is 50.0 Å². The summed E-state index contributed by atoms with van der Waals surface area (Å²) in [6, 6.07) is 11.7. The minimum Gasteiger partial charge on any atom is -0.507 e. The van der Waals surface area contributed by atoms with E-state index in [0.29, 0.717) is 30.2 Å².